The van der Waals surface area contributed by atoms with Crippen LogP contribution in [0.4, 0.5) is 0 Å². The lowest BCUT2D eigenvalue weighted by atomic mass is 10.2. The van der Waals surface area contributed by atoms with E-state index in [-0.39, 0.29) is 5.69 Å². The Hall–Kier alpha value is -2.21. The Balaban J connectivity index is 2.10. The summed E-state index contributed by atoms with van der Waals surface area (Å²) < 4.78 is 1.53. The molecule has 0 unspecified atom stereocenters. The maximum atomic E-state index is 11.0. The number of hydrogen-bond acceptors (Lipinski definition) is 4. The molecule has 0 aromatic carbocycles. The van der Waals surface area contributed by atoms with Crippen molar-refractivity contribution in [3.05, 3.63) is 41.9 Å². The van der Waals surface area contributed by atoms with E-state index in [2.05, 4.69) is 29.2 Å². The van der Waals surface area contributed by atoms with E-state index < -0.39 is 5.91 Å². The first-order chi connectivity index (χ1) is 9.06. The van der Waals surface area contributed by atoms with Crippen LogP contribution >= 0.6 is 0 Å². The number of nitrogens with two attached hydrogens (primary N) is 1. The molecule has 1 amide bonds. The Bertz CT molecular complexity index is 559. The first kappa shape index (κ1) is 13.2. The van der Waals surface area contributed by atoms with Crippen molar-refractivity contribution in [3.63, 3.8) is 0 Å². The van der Waals surface area contributed by atoms with E-state index in [1.807, 2.05) is 12.1 Å². The molecule has 3 N–H and O–H groups in total. The van der Waals surface area contributed by atoms with Gasteiger partial charge in [-0.05, 0) is 17.7 Å². The number of hydrogen-bond donors (Lipinski definition) is 2. The molecule has 6 heteroatoms. The Morgan fingerprint density at radius 3 is 2.74 bits per heavy atom. The third-order valence-corrected chi connectivity index (χ3v) is 2.60. The highest BCUT2D eigenvalue weighted by Crippen LogP contribution is 2.06. The number of amides is 1. The van der Waals surface area contributed by atoms with Crippen molar-refractivity contribution in [1.29, 1.82) is 0 Å². The molecule has 2 aromatic rings. The number of pyridine rings is 1. The van der Waals surface area contributed by atoms with Gasteiger partial charge in [0.15, 0.2) is 5.82 Å². The molecular weight excluding hydrogens is 242 g/mol. The van der Waals surface area contributed by atoms with Crippen molar-refractivity contribution < 1.29 is 4.79 Å². The highest BCUT2D eigenvalue weighted by molar-refractivity contribution is 5.90. The van der Waals surface area contributed by atoms with E-state index in [9.17, 15) is 4.79 Å². The van der Waals surface area contributed by atoms with Crippen LogP contribution in [0.3, 0.4) is 0 Å². The number of aromatic nitrogens is 3. The molecule has 0 fully saturated rings. The zero-order valence-electron chi connectivity index (χ0n) is 11.0. The number of primary amides is 1. The number of rotatable bonds is 5. The predicted octanol–water partition coefficient (Wildman–Crippen LogP) is 0.864. The first-order valence-electron chi connectivity index (χ1n) is 6.10. The number of nitrogens with zero attached hydrogens (tertiary/aromatic N) is 3. The molecule has 0 aliphatic heterocycles. The fourth-order valence-corrected chi connectivity index (χ4v) is 1.56. The maximum absolute atomic E-state index is 11.0. The third-order valence-electron chi connectivity index (χ3n) is 2.60. The van der Waals surface area contributed by atoms with E-state index in [1.54, 1.807) is 18.5 Å². The maximum Gasteiger partial charge on any atom is 0.269 e. The van der Waals surface area contributed by atoms with Gasteiger partial charge in [-0.1, -0.05) is 19.9 Å². The Kier molecular flexibility index (Phi) is 3.91. The topological polar surface area (TPSA) is 85.8 Å². The zero-order valence-corrected chi connectivity index (χ0v) is 11.0. The minimum atomic E-state index is -0.545. The summed E-state index contributed by atoms with van der Waals surface area (Å²) in [7, 11) is 0. The third kappa shape index (κ3) is 3.38. The van der Waals surface area contributed by atoms with E-state index in [0.29, 0.717) is 11.9 Å². The second-order valence-corrected chi connectivity index (χ2v) is 4.57. The minimum absolute atomic E-state index is 0.229. The van der Waals surface area contributed by atoms with Crippen LogP contribution < -0.4 is 11.1 Å². The molecule has 0 aliphatic rings. The second kappa shape index (κ2) is 5.62. The highest BCUT2D eigenvalue weighted by Gasteiger charge is 2.06. The smallest absolute Gasteiger partial charge is 0.269 e. The molecule has 100 valence electrons. The molecule has 0 saturated heterocycles. The Morgan fingerprint density at radius 2 is 2.21 bits per heavy atom. The monoisotopic (exact) mass is 259 g/mol. The van der Waals surface area contributed by atoms with Crippen molar-refractivity contribution >= 4 is 5.91 Å². The standard InChI is InChI=1S/C13H17N5O/c1-9(2)15-7-10-3-4-12(16-8-10)18-6-5-11(17-18)13(14)19/h3-6,8-9,15H,7H2,1-2H3,(H2,14,19). The number of carbonyl (C=O) groups is 1. The minimum Gasteiger partial charge on any atom is -0.364 e. The van der Waals surface area contributed by atoms with Gasteiger partial charge in [-0.25, -0.2) is 9.67 Å². The second-order valence-electron chi connectivity index (χ2n) is 4.57. The largest absolute Gasteiger partial charge is 0.364 e. The van der Waals surface area contributed by atoms with Gasteiger partial charge in [0.25, 0.3) is 5.91 Å². The predicted molar refractivity (Wildman–Crippen MR) is 71.9 cm³/mol. The van der Waals surface area contributed by atoms with E-state index in [0.717, 1.165) is 12.1 Å². The van der Waals surface area contributed by atoms with Gasteiger partial charge in [0.2, 0.25) is 0 Å². The van der Waals surface area contributed by atoms with Gasteiger partial charge in [0.1, 0.15) is 5.69 Å². The van der Waals surface area contributed by atoms with Crippen LogP contribution in [-0.2, 0) is 6.54 Å². The van der Waals surface area contributed by atoms with Crippen LogP contribution in [0.15, 0.2) is 30.6 Å². The summed E-state index contributed by atoms with van der Waals surface area (Å²) in [5, 5.41) is 7.36. The fraction of sp³-hybridized carbons (Fsp3) is 0.308. The van der Waals surface area contributed by atoms with Crippen molar-refractivity contribution in [2.75, 3.05) is 0 Å². The molecule has 2 aromatic heterocycles. The summed E-state index contributed by atoms with van der Waals surface area (Å²) >= 11 is 0. The van der Waals surface area contributed by atoms with Gasteiger partial charge >= 0.3 is 0 Å². The summed E-state index contributed by atoms with van der Waals surface area (Å²) in [5.74, 6) is 0.109. The lowest BCUT2D eigenvalue weighted by Crippen LogP contribution is -2.21. The number of carbonyl (C=O) groups excluding carboxylic acids is 1. The Morgan fingerprint density at radius 1 is 1.42 bits per heavy atom. The SMILES string of the molecule is CC(C)NCc1ccc(-n2ccc(C(N)=O)n2)nc1. The van der Waals surface area contributed by atoms with Gasteiger partial charge in [-0.3, -0.25) is 4.79 Å². The highest BCUT2D eigenvalue weighted by atomic mass is 16.1. The average Bonchev–Trinajstić information content (AvgIpc) is 2.86. The van der Waals surface area contributed by atoms with E-state index in [1.165, 1.54) is 4.68 Å². The van der Waals surface area contributed by atoms with Gasteiger partial charge in [0.05, 0.1) is 0 Å². The molecule has 0 aliphatic carbocycles. The molecule has 6 nitrogen and oxygen atoms in total. The number of nitrogens with one attached hydrogen (secondary N) is 1. The molecule has 0 spiro atoms. The van der Waals surface area contributed by atoms with Gasteiger partial charge < -0.3 is 11.1 Å². The van der Waals surface area contributed by atoms with E-state index >= 15 is 0 Å². The first-order valence-corrected chi connectivity index (χ1v) is 6.10. The normalized spacial score (nSPS) is 10.9. The molecule has 2 rings (SSSR count). The van der Waals surface area contributed by atoms with Crippen LogP contribution in [0.5, 0.6) is 0 Å². The quantitative estimate of drug-likeness (QED) is 0.834. The van der Waals surface area contributed by atoms with Crippen LogP contribution in [0.2, 0.25) is 0 Å². The van der Waals surface area contributed by atoms with Gasteiger partial charge in [0, 0.05) is 25.0 Å². The molecule has 19 heavy (non-hydrogen) atoms. The van der Waals surface area contributed by atoms with E-state index in [4.69, 9.17) is 5.73 Å². The van der Waals surface area contributed by atoms with Gasteiger partial charge in [-0.15, -0.1) is 0 Å². The molecule has 0 radical (unpaired) electrons. The van der Waals surface area contributed by atoms with Crippen molar-refractivity contribution in [2.45, 2.75) is 26.4 Å². The lowest BCUT2D eigenvalue weighted by Gasteiger charge is -2.08. The van der Waals surface area contributed by atoms with Crippen molar-refractivity contribution in [3.8, 4) is 5.82 Å². The molecule has 0 bridgehead atoms. The molecule has 0 saturated carbocycles. The van der Waals surface area contributed by atoms with Crippen molar-refractivity contribution in [1.82, 2.24) is 20.1 Å². The summed E-state index contributed by atoms with van der Waals surface area (Å²) in [6, 6.07) is 5.83. The Labute approximate surface area is 111 Å². The van der Waals surface area contributed by atoms with Crippen molar-refractivity contribution in [2.24, 2.45) is 5.73 Å². The summed E-state index contributed by atoms with van der Waals surface area (Å²) in [6.07, 6.45) is 3.45. The zero-order chi connectivity index (χ0) is 13.8. The summed E-state index contributed by atoms with van der Waals surface area (Å²) in [6.45, 7) is 4.96. The van der Waals surface area contributed by atoms with Crippen LogP contribution in [0.25, 0.3) is 5.82 Å². The lowest BCUT2D eigenvalue weighted by molar-refractivity contribution is 0.0995. The van der Waals surface area contributed by atoms with Crippen LogP contribution in [0.1, 0.15) is 29.9 Å². The summed E-state index contributed by atoms with van der Waals surface area (Å²) in [4.78, 5) is 15.3. The average molecular weight is 259 g/mol. The van der Waals surface area contributed by atoms with Crippen LogP contribution in [0, 0.1) is 0 Å². The van der Waals surface area contributed by atoms with Gasteiger partial charge in [-0.2, -0.15) is 5.10 Å². The molecular formula is C13H17N5O. The summed E-state index contributed by atoms with van der Waals surface area (Å²) in [5.41, 5.74) is 6.48. The molecule has 0 atom stereocenters. The molecule has 2 heterocycles. The van der Waals surface area contributed by atoms with Crippen LogP contribution in [-0.4, -0.2) is 26.7 Å². The fourth-order valence-electron chi connectivity index (χ4n) is 1.56.